The Morgan fingerprint density at radius 3 is 2.56 bits per heavy atom. The molecule has 27 heavy (non-hydrogen) atoms. The Labute approximate surface area is 160 Å². The summed E-state index contributed by atoms with van der Waals surface area (Å²) in [5, 5.41) is 4.17. The van der Waals surface area contributed by atoms with Gasteiger partial charge in [0.05, 0.1) is 5.71 Å². The maximum Gasteiger partial charge on any atom is 0.303 e. The van der Waals surface area contributed by atoms with E-state index in [2.05, 4.69) is 11.7 Å². The summed E-state index contributed by atoms with van der Waals surface area (Å²) in [5.41, 5.74) is 2.03. The summed E-state index contributed by atoms with van der Waals surface area (Å²) in [6.45, 7) is 11.0. The maximum absolute atomic E-state index is 13.1. The first-order valence-electron chi connectivity index (χ1n) is 9.12. The number of Topliss-reactive ketones (excluding diaryl/α,β-unsaturated/α-hetero) is 1. The quantitative estimate of drug-likeness (QED) is 0.236. The van der Waals surface area contributed by atoms with Gasteiger partial charge in [-0.05, 0) is 12.0 Å². The number of ketones is 1. The standard InChI is InChI=1S/C22H27NO4/c1-6-13-26-23-17(7-2)20-18(25)14-22(4,5)21(27-15(3)24)19(20)16-11-9-8-10-12-16/h6,8-12,21H,1,7,13-14H2,2-5H3. The largest absolute Gasteiger partial charge is 0.457 e. The SMILES string of the molecule is C=CCON=C(CC)C1=C(c2ccccc2)C(OC(C)=O)C(C)(C)CC1=O. The van der Waals surface area contributed by atoms with Crippen LogP contribution in [0, 0.1) is 5.41 Å². The van der Waals surface area contributed by atoms with Crippen LogP contribution in [0.15, 0.2) is 53.7 Å². The Bertz CT molecular complexity index is 775. The zero-order chi connectivity index (χ0) is 20.0. The zero-order valence-corrected chi connectivity index (χ0v) is 16.5. The molecule has 1 aromatic rings. The van der Waals surface area contributed by atoms with E-state index >= 15 is 0 Å². The van der Waals surface area contributed by atoms with Gasteiger partial charge in [0.1, 0.15) is 12.7 Å². The monoisotopic (exact) mass is 369 g/mol. The van der Waals surface area contributed by atoms with Crippen LogP contribution < -0.4 is 0 Å². The summed E-state index contributed by atoms with van der Waals surface area (Å²) in [5.74, 6) is -0.404. The van der Waals surface area contributed by atoms with Gasteiger partial charge in [0.15, 0.2) is 5.78 Å². The minimum absolute atomic E-state index is 0.0231. The van der Waals surface area contributed by atoms with E-state index in [1.165, 1.54) is 6.92 Å². The van der Waals surface area contributed by atoms with Gasteiger partial charge in [0, 0.05) is 29.9 Å². The normalized spacial score (nSPS) is 19.6. The molecule has 144 valence electrons. The average Bonchev–Trinajstić information content (AvgIpc) is 2.61. The Balaban J connectivity index is 2.73. The Hall–Kier alpha value is -2.69. The topological polar surface area (TPSA) is 65.0 Å². The molecule has 5 heteroatoms. The van der Waals surface area contributed by atoms with Crippen molar-refractivity contribution in [3.05, 3.63) is 54.1 Å². The minimum Gasteiger partial charge on any atom is -0.457 e. The van der Waals surface area contributed by atoms with Crippen molar-refractivity contribution in [2.75, 3.05) is 6.61 Å². The van der Waals surface area contributed by atoms with Crippen LogP contribution in [-0.2, 0) is 19.2 Å². The predicted molar refractivity (Wildman–Crippen MR) is 106 cm³/mol. The van der Waals surface area contributed by atoms with E-state index in [0.717, 1.165) is 5.56 Å². The molecule has 0 fully saturated rings. The van der Waals surface area contributed by atoms with Crippen molar-refractivity contribution in [1.29, 1.82) is 0 Å². The fourth-order valence-corrected chi connectivity index (χ4v) is 3.34. The molecule has 1 aliphatic rings. The van der Waals surface area contributed by atoms with Gasteiger partial charge in [-0.15, -0.1) is 0 Å². The molecule has 0 spiro atoms. The van der Waals surface area contributed by atoms with Crippen LogP contribution in [-0.4, -0.2) is 30.2 Å². The first-order chi connectivity index (χ1) is 12.8. The lowest BCUT2D eigenvalue weighted by Gasteiger charge is -2.40. The highest BCUT2D eigenvalue weighted by atomic mass is 16.6. The molecule has 0 aromatic heterocycles. The molecular formula is C22H27NO4. The number of hydrogen-bond acceptors (Lipinski definition) is 5. The van der Waals surface area contributed by atoms with Gasteiger partial charge in [0.2, 0.25) is 0 Å². The number of oxime groups is 1. The van der Waals surface area contributed by atoms with Crippen molar-refractivity contribution in [3.63, 3.8) is 0 Å². The molecular weight excluding hydrogens is 342 g/mol. The third-order valence-electron chi connectivity index (χ3n) is 4.50. The minimum atomic E-state index is -0.554. The first-order valence-corrected chi connectivity index (χ1v) is 9.12. The van der Waals surface area contributed by atoms with E-state index in [0.29, 0.717) is 23.3 Å². The van der Waals surface area contributed by atoms with Gasteiger partial charge in [-0.2, -0.15) is 0 Å². The third-order valence-corrected chi connectivity index (χ3v) is 4.50. The lowest BCUT2D eigenvalue weighted by molar-refractivity contribution is -0.150. The molecule has 0 N–H and O–H groups in total. The molecule has 1 unspecified atom stereocenters. The van der Waals surface area contributed by atoms with Crippen molar-refractivity contribution in [1.82, 2.24) is 0 Å². The molecule has 5 nitrogen and oxygen atoms in total. The number of carbonyl (C=O) groups excluding carboxylic acids is 2. The van der Waals surface area contributed by atoms with Gasteiger partial charge >= 0.3 is 5.97 Å². The number of hydrogen-bond donors (Lipinski definition) is 0. The molecule has 1 aromatic carbocycles. The van der Waals surface area contributed by atoms with E-state index in [1.807, 2.05) is 51.1 Å². The van der Waals surface area contributed by atoms with Crippen molar-refractivity contribution < 1.29 is 19.2 Å². The van der Waals surface area contributed by atoms with Gasteiger partial charge in [-0.3, -0.25) is 9.59 Å². The van der Waals surface area contributed by atoms with Gasteiger partial charge in [-0.1, -0.05) is 68.9 Å². The Morgan fingerprint density at radius 1 is 1.33 bits per heavy atom. The van der Waals surface area contributed by atoms with Gasteiger partial charge in [0.25, 0.3) is 0 Å². The highest BCUT2D eigenvalue weighted by molar-refractivity contribution is 6.28. The van der Waals surface area contributed by atoms with E-state index in [-0.39, 0.29) is 24.8 Å². The molecule has 0 radical (unpaired) electrons. The fraction of sp³-hybridized carbons (Fsp3) is 0.409. The van der Waals surface area contributed by atoms with Crippen molar-refractivity contribution in [2.24, 2.45) is 10.6 Å². The molecule has 0 saturated heterocycles. The molecule has 1 atom stereocenters. The number of ether oxygens (including phenoxy) is 1. The molecule has 0 saturated carbocycles. The molecule has 0 bridgehead atoms. The van der Waals surface area contributed by atoms with Crippen LogP contribution in [0.5, 0.6) is 0 Å². The molecule has 0 amide bonds. The maximum atomic E-state index is 13.1. The van der Waals surface area contributed by atoms with Gasteiger partial charge in [-0.25, -0.2) is 0 Å². The van der Waals surface area contributed by atoms with Crippen LogP contribution >= 0.6 is 0 Å². The van der Waals surface area contributed by atoms with E-state index in [1.54, 1.807) is 6.08 Å². The Morgan fingerprint density at radius 2 is 2.00 bits per heavy atom. The van der Waals surface area contributed by atoms with Gasteiger partial charge < -0.3 is 9.57 Å². The number of allylic oxidation sites excluding steroid dienone is 1. The van der Waals surface area contributed by atoms with Crippen LogP contribution in [0.2, 0.25) is 0 Å². The number of benzene rings is 1. The summed E-state index contributed by atoms with van der Waals surface area (Å²) < 4.78 is 5.71. The molecule has 0 aliphatic heterocycles. The highest BCUT2D eigenvalue weighted by Crippen LogP contribution is 2.44. The highest BCUT2D eigenvalue weighted by Gasteiger charge is 2.45. The summed E-state index contributed by atoms with van der Waals surface area (Å²) in [6.07, 6.45) is 1.82. The summed E-state index contributed by atoms with van der Waals surface area (Å²) >= 11 is 0. The second kappa shape index (κ2) is 8.80. The lowest BCUT2D eigenvalue weighted by atomic mass is 9.68. The van der Waals surface area contributed by atoms with E-state index in [9.17, 15) is 9.59 Å². The summed E-state index contributed by atoms with van der Waals surface area (Å²) in [4.78, 5) is 30.2. The summed E-state index contributed by atoms with van der Waals surface area (Å²) in [7, 11) is 0. The smallest absolute Gasteiger partial charge is 0.303 e. The lowest BCUT2D eigenvalue weighted by Crippen LogP contribution is -2.42. The van der Waals surface area contributed by atoms with Crippen molar-refractivity contribution in [2.45, 2.75) is 46.6 Å². The van der Waals surface area contributed by atoms with Crippen LogP contribution in [0.1, 0.15) is 46.1 Å². The number of nitrogens with zero attached hydrogens (tertiary/aromatic N) is 1. The second-order valence-corrected chi connectivity index (χ2v) is 7.21. The molecule has 2 rings (SSSR count). The van der Waals surface area contributed by atoms with E-state index in [4.69, 9.17) is 9.57 Å². The predicted octanol–water partition coefficient (Wildman–Crippen LogP) is 4.34. The Kier molecular flexibility index (Phi) is 6.72. The van der Waals surface area contributed by atoms with Crippen molar-refractivity contribution >= 4 is 23.0 Å². The first kappa shape index (κ1) is 20.6. The third kappa shape index (κ3) is 4.73. The zero-order valence-electron chi connectivity index (χ0n) is 16.5. The number of carbonyl (C=O) groups is 2. The fourth-order valence-electron chi connectivity index (χ4n) is 3.34. The van der Waals surface area contributed by atoms with Crippen LogP contribution in [0.25, 0.3) is 5.57 Å². The second-order valence-electron chi connectivity index (χ2n) is 7.21. The molecule has 1 aliphatic carbocycles. The number of rotatable bonds is 7. The molecule has 0 heterocycles. The number of esters is 1. The van der Waals surface area contributed by atoms with Crippen LogP contribution in [0.3, 0.4) is 0 Å². The van der Waals surface area contributed by atoms with E-state index < -0.39 is 11.5 Å². The average molecular weight is 369 g/mol. The summed E-state index contributed by atoms with van der Waals surface area (Å²) in [6, 6.07) is 9.53. The van der Waals surface area contributed by atoms with Crippen molar-refractivity contribution in [3.8, 4) is 0 Å². The van der Waals surface area contributed by atoms with Crippen LogP contribution in [0.4, 0.5) is 0 Å².